The Hall–Kier alpha value is -1.69. The molecule has 1 amide bonds. The number of aryl methyl sites for hydroxylation is 2. The third-order valence-corrected chi connectivity index (χ3v) is 7.74. The number of carbonyl (C=O) groups excluding carboxylic acids is 1. The van der Waals surface area contributed by atoms with Gasteiger partial charge in [0.2, 0.25) is 5.91 Å². The summed E-state index contributed by atoms with van der Waals surface area (Å²) in [7, 11) is 0. The molecule has 5 rings (SSSR count). The van der Waals surface area contributed by atoms with Crippen molar-refractivity contribution in [2.24, 2.45) is 5.92 Å². The van der Waals surface area contributed by atoms with E-state index in [-0.39, 0.29) is 5.92 Å². The number of hydrogen-bond donors (Lipinski definition) is 0. The number of likely N-dealkylation sites (tertiary alicyclic amines) is 1. The highest BCUT2D eigenvalue weighted by atomic mass is 32.1. The summed E-state index contributed by atoms with van der Waals surface area (Å²) in [6.07, 6.45) is 12.2. The van der Waals surface area contributed by atoms with E-state index in [1.54, 1.807) is 6.33 Å². The first kappa shape index (κ1) is 17.4. The van der Waals surface area contributed by atoms with Crippen LogP contribution in [0.15, 0.2) is 6.33 Å². The number of thiophene rings is 1. The van der Waals surface area contributed by atoms with E-state index in [0.29, 0.717) is 5.91 Å². The first-order chi connectivity index (χ1) is 13.3. The number of piperidine rings is 2. The zero-order valence-corrected chi connectivity index (χ0v) is 16.8. The van der Waals surface area contributed by atoms with Gasteiger partial charge in [-0.15, -0.1) is 11.3 Å². The van der Waals surface area contributed by atoms with Gasteiger partial charge in [0.25, 0.3) is 0 Å². The third kappa shape index (κ3) is 3.22. The zero-order chi connectivity index (χ0) is 18.2. The van der Waals surface area contributed by atoms with Gasteiger partial charge in [-0.2, -0.15) is 0 Å². The largest absolute Gasteiger partial charge is 0.356 e. The van der Waals surface area contributed by atoms with E-state index >= 15 is 0 Å². The fourth-order valence-electron chi connectivity index (χ4n) is 5.02. The molecule has 2 aliphatic heterocycles. The zero-order valence-electron chi connectivity index (χ0n) is 16.0. The maximum atomic E-state index is 12.8. The standard InChI is InChI=1S/C21H28N4OS/c26-21(25-10-4-1-5-11-25)15-8-12-24(13-9-15)19-18-16-6-2-3-7-17(16)27-20(18)23-14-22-19/h14-15H,1-13H2. The molecule has 2 aromatic heterocycles. The topological polar surface area (TPSA) is 49.3 Å². The molecule has 1 aliphatic carbocycles. The summed E-state index contributed by atoms with van der Waals surface area (Å²) in [4.78, 5) is 29.3. The number of amides is 1. The van der Waals surface area contributed by atoms with Crippen LogP contribution in [-0.2, 0) is 17.6 Å². The molecule has 0 aromatic carbocycles. The van der Waals surface area contributed by atoms with Crippen molar-refractivity contribution in [1.29, 1.82) is 0 Å². The summed E-state index contributed by atoms with van der Waals surface area (Å²) in [6.45, 7) is 3.79. The molecule has 2 aromatic rings. The normalized spacial score (nSPS) is 21.5. The second-order valence-corrected chi connectivity index (χ2v) is 9.32. The number of nitrogens with zero attached hydrogens (tertiary/aromatic N) is 4. The van der Waals surface area contributed by atoms with Crippen molar-refractivity contribution in [2.75, 3.05) is 31.1 Å². The number of fused-ring (bicyclic) bond motifs is 3. The minimum Gasteiger partial charge on any atom is -0.356 e. The molecule has 5 nitrogen and oxygen atoms in total. The minimum atomic E-state index is 0.202. The molecular weight excluding hydrogens is 356 g/mol. The van der Waals surface area contributed by atoms with E-state index < -0.39 is 0 Å². The highest BCUT2D eigenvalue weighted by Gasteiger charge is 2.31. The molecular formula is C21H28N4OS. The summed E-state index contributed by atoms with van der Waals surface area (Å²) >= 11 is 1.86. The van der Waals surface area contributed by atoms with E-state index in [2.05, 4.69) is 14.8 Å². The van der Waals surface area contributed by atoms with Crippen molar-refractivity contribution in [1.82, 2.24) is 14.9 Å². The maximum Gasteiger partial charge on any atom is 0.225 e. The second-order valence-electron chi connectivity index (χ2n) is 8.24. The molecule has 27 heavy (non-hydrogen) atoms. The molecule has 0 atom stereocenters. The maximum absolute atomic E-state index is 12.8. The monoisotopic (exact) mass is 384 g/mol. The lowest BCUT2D eigenvalue weighted by atomic mass is 9.93. The molecule has 4 heterocycles. The Kier molecular flexibility index (Phi) is 4.76. The fourth-order valence-corrected chi connectivity index (χ4v) is 6.25. The third-order valence-electron chi connectivity index (χ3n) is 6.54. The predicted octanol–water partition coefficient (Wildman–Crippen LogP) is 3.80. The Morgan fingerprint density at radius 1 is 0.963 bits per heavy atom. The van der Waals surface area contributed by atoms with Gasteiger partial charge < -0.3 is 9.80 Å². The predicted molar refractivity (Wildman–Crippen MR) is 109 cm³/mol. The van der Waals surface area contributed by atoms with Crippen LogP contribution >= 0.6 is 11.3 Å². The summed E-state index contributed by atoms with van der Waals surface area (Å²) in [5.41, 5.74) is 1.50. The van der Waals surface area contributed by atoms with E-state index in [1.165, 1.54) is 60.8 Å². The highest BCUT2D eigenvalue weighted by molar-refractivity contribution is 7.19. The van der Waals surface area contributed by atoms with E-state index in [1.807, 2.05) is 11.3 Å². The van der Waals surface area contributed by atoms with Crippen LogP contribution in [0.3, 0.4) is 0 Å². The first-order valence-electron chi connectivity index (χ1n) is 10.6. The van der Waals surface area contributed by atoms with Gasteiger partial charge in [-0.3, -0.25) is 4.79 Å². The molecule has 0 saturated carbocycles. The van der Waals surface area contributed by atoms with Gasteiger partial charge in [0, 0.05) is 37.0 Å². The van der Waals surface area contributed by atoms with Crippen LogP contribution in [0.2, 0.25) is 0 Å². The second kappa shape index (κ2) is 7.38. The molecule has 2 saturated heterocycles. The SMILES string of the molecule is O=C(C1CCN(c2ncnc3sc4c(c23)CCCC4)CC1)N1CCCCC1. The van der Waals surface area contributed by atoms with E-state index in [9.17, 15) is 4.79 Å². The molecule has 144 valence electrons. The van der Waals surface area contributed by atoms with Crippen LogP contribution in [0, 0.1) is 5.92 Å². The number of rotatable bonds is 2. The Morgan fingerprint density at radius 2 is 1.74 bits per heavy atom. The molecule has 0 N–H and O–H groups in total. The molecule has 0 spiro atoms. The fraction of sp³-hybridized carbons (Fsp3) is 0.667. The van der Waals surface area contributed by atoms with Crippen molar-refractivity contribution >= 4 is 33.3 Å². The van der Waals surface area contributed by atoms with Gasteiger partial charge in [-0.1, -0.05) is 0 Å². The van der Waals surface area contributed by atoms with Gasteiger partial charge in [0.05, 0.1) is 5.39 Å². The molecule has 0 unspecified atom stereocenters. The van der Waals surface area contributed by atoms with Crippen molar-refractivity contribution in [3.63, 3.8) is 0 Å². The summed E-state index contributed by atoms with van der Waals surface area (Å²) in [5, 5.41) is 1.30. The molecule has 2 fully saturated rings. The van der Waals surface area contributed by atoms with Crippen LogP contribution in [0.5, 0.6) is 0 Å². The van der Waals surface area contributed by atoms with Crippen LogP contribution in [-0.4, -0.2) is 47.0 Å². The Labute approximate surface area is 164 Å². The van der Waals surface area contributed by atoms with Crippen molar-refractivity contribution in [3.8, 4) is 0 Å². The molecule has 0 radical (unpaired) electrons. The average molecular weight is 385 g/mol. The van der Waals surface area contributed by atoms with Gasteiger partial charge in [-0.05, 0) is 63.4 Å². The smallest absolute Gasteiger partial charge is 0.225 e. The lowest BCUT2D eigenvalue weighted by Crippen LogP contribution is -2.44. The highest BCUT2D eigenvalue weighted by Crippen LogP contribution is 2.40. The van der Waals surface area contributed by atoms with Crippen molar-refractivity contribution in [2.45, 2.75) is 57.8 Å². The number of hydrogen-bond acceptors (Lipinski definition) is 5. The number of carbonyl (C=O) groups is 1. The van der Waals surface area contributed by atoms with Crippen LogP contribution < -0.4 is 4.90 Å². The number of aromatic nitrogens is 2. The van der Waals surface area contributed by atoms with Crippen LogP contribution in [0.25, 0.3) is 10.2 Å². The summed E-state index contributed by atoms with van der Waals surface area (Å²) in [6, 6.07) is 0. The Bertz CT molecular complexity index is 834. The first-order valence-corrected chi connectivity index (χ1v) is 11.4. The number of anilines is 1. The quantitative estimate of drug-likeness (QED) is 0.790. The van der Waals surface area contributed by atoms with E-state index in [0.717, 1.165) is 49.7 Å². The lowest BCUT2D eigenvalue weighted by molar-refractivity contribution is -0.137. The lowest BCUT2D eigenvalue weighted by Gasteiger charge is -2.36. The molecule has 3 aliphatic rings. The van der Waals surface area contributed by atoms with Gasteiger partial charge in [0.15, 0.2) is 0 Å². The van der Waals surface area contributed by atoms with Gasteiger partial charge in [0.1, 0.15) is 17.0 Å². The van der Waals surface area contributed by atoms with Crippen LogP contribution in [0.1, 0.15) is 55.4 Å². The average Bonchev–Trinajstić information content (AvgIpc) is 3.13. The molecule has 0 bridgehead atoms. The van der Waals surface area contributed by atoms with Gasteiger partial charge in [-0.25, -0.2) is 9.97 Å². The van der Waals surface area contributed by atoms with E-state index in [4.69, 9.17) is 4.98 Å². The minimum absolute atomic E-state index is 0.202. The van der Waals surface area contributed by atoms with Crippen LogP contribution in [0.4, 0.5) is 5.82 Å². The van der Waals surface area contributed by atoms with Gasteiger partial charge >= 0.3 is 0 Å². The molecule has 6 heteroatoms. The Morgan fingerprint density at radius 3 is 2.56 bits per heavy atom. The van der Waals surface area contributed by atoms with Crippen molar-refractivity contribution in [3.05, 3.63) is 16.8 Å². The van der Waals surface area contributed by atoms with Crippen molar-refractivity contribution < 1.29 is 4.79 Å². The summed E-state index contributed by atoms with van der Waals surface area (Å²) < 4.78 is 0. The summed E-state index contributed by atoms with van der Waals surface area (Å²) in [5.74, 6) is 1.71. The Balaban J connectivity index is 1.34.